The molecule has 0 aromatic heterocycles. The standard InChI is InChI=1S/C16H24N2O3/c1-12(2)18(11-15(19)21-4)16(20)14-8-6-5-7-13(14)9-10-17-3/h5-8,12,17H,9-11H2,1-4H3. The average Bonchev–Trinajstić information content (AvgIpc) is 2.49. The topological polar surface area (TPSA) is 58.6 Å². The lowest BCUT2D eigenvalue weighted by Crippen LogP contribution is -2.41. The predicted molar refractivity (Wildman–Crippen MR) is 82.3 cm³/mol. The molecule has 1 N–H and O–H groups in total. The fourth-order valence-electron chi connectivity index (χ4n) is 2.05. The Morgan fingerprint density at radius 1 is 1.29 bits per heavy atom. The molecular weight excluding hydrogens is 268 g/mol. The van der Waals surface area contributed by atoms with Crippen LogP contribution in [-0.4, -0.2) is 50.1 Å². The Labute approximate surface area is 126 Å². The maximum Gasteiger partial charge on any atom is 0.325 e. The minimum Gasteiger partial charge on any atom is -0.468 e. The van der Waals surface area contributed by atoms with Crippen LogP contribution in [0.4, 0.5) is 0 Å². The van der Waals surface area contributed by atoms with Crippen molar-refractivity contribution in [1.82, 2.24) is 10.2 Å². The van der Waals surface area contributed by atoms with Gasteiger partial charge in [-0.3, -0.25) is 9.59 Å². The van der Waals surface area contributed by atoms with Gasteiger partial charge in [0.2, 0.25) is 0 Å². The van der Waals surface area contributed by atoms with Gasteiger partial charge in [0.05, 0.1) is 7.11 Å². The van der Waals surface area contributed by atoms with Gasteiger partial charge in [0.15, 0.2) is 0 Å². The number of benzene rings is 1. The fraction of sp³-hybridized carbons (Fsp3) is 0.500. The summed E-state index contributed by atoms with van der Waals surface area (Å²) in [5.41, 5.74) is 1.62. The number of nitrogens with one attached hydrogen (secondary N) is 1. The molecule has 0 atom stereocenters. The molecule has 1 aromatic carbocycles. The zero-order chi connectivity index (χ0) is 15.8. The molecule has 0 bridgehead atoms. The maximum atomic E-state index is 12.7. The third-order valence-electron chi connectivity index (χ3n) is 3.30. The lowest BCUT2D eigenvalue weighted by Gasteiger charge is -2.26. The molecule has 0 aliphatic rings. The second-order valence-electron chi connectivity index (χ2n) is 5.11. The minimum atomic E-state index is -0.412. The molecule has 1 aromatic rings. The summed E-state index contributed by atoms with van der Waals surface area (Å²) in [5.74, 6) is -0.549. The summed E-state index contributed by atoms with van der Waals surface area (Å²) in [6.45, 7) is 4.53. The summed E-state index contributed by atoms with van der Waals surface area (Å²) in [7, 11) is 3.20. The summed E-state index contributed by atoms with van der Waals surface area (Å²) >= 11 is 0. The molecule has 0 aliphatic carbocycles. The Kier molecular flexibility index (Phi) is 6.88. The van der Waals surface area contributed by atoms with Gasteiger partial charge >= 0.3 is 5.97 Å². The first-order valence-corrected chi connectivity index (χ1v) is 7.11. The Morgan fingerprint density at radius 2 is 1.95 bits per heavy atom. The molecule has 0 fully saturated rings. The molecule has 1 amide bonds. The molecule has 0 saturated carbocycles. The van der Waals surface area contributed by atoms with E-state index in [0.29, 0.717) is 5.56 Å². The Morgan fingerprint density at radius 3 is 2.52 bits per heavy atom. The number of methoxy groups -OCH3 is 1. The quantitative estimate of drug-likeness (QED) is 0.773. The molecule has 1 rings (SSSR count). The molecule has 5 heteroatoms. The monoisotopic (exact) mass is 292 g/mol. The molecule has 0 aliphatic heterocycles. The largest absolute Gasteiger partial charge is 0.468 e. The smallest absolute Gasteiger partial charge is 0.325 e. The Bertz CT molecular complexity index is 486. The number of hydrogen-bond donors (Lipinski definition) is 1. The zero-order valence-electron chi connectivity index (χ0n) is 13.2. The molecule has 0 spiro atoms. The van der Waals surface area contributed by atoms with Crippen LogP contribution in [0.3, 0.4) is 0 Å². The van der Waals surface area contributed by atoms with E-state index in [4.69, 9.17) is 0 Å². The van der Waals surface area contributed by atoms with Gasteiger partial charge in [-0.1, -0.05) is 18.2 Å². The third-order valence-corrected chi connectivity index (χ3v) is 3.30. The molecule has 116 valence electrons. The van der Waals surface area contributed by atoms with E-state index in [1.54, 1.807) is 6.07 Å². The number of carbonyl (C=O) groups is 2. The van der Waals surface area contributed by atoms with Crippen LogP contribution in [-0.2, 0) is 16.0 Å². The van der Waals surface area contributed by atoms with E-state index in [1.807, 2.05) is 39.1 Å². The van der Waals surface area contributed by atoms with Crippen LogP contribution in [0, 0.1) is 0 Å². The van der Waals surface area contributed by atoms with Crippen molar-refractivity contribution in [2.45, 2.75) is 26.3 Å². The number of rotatable bonds is 7. The van der Waals surface area contributed by atoms with Gasteiger partial charge in [0.25, 0.3) is 5.91 Å². The number of likely N-dealkylation sites (N-methyl/N-ethyl adjacent to an activating group) is 1. The van der Waals surface area contributed by atoms with Gasteiger partial charge in [-0.2, -0.15) is 0 Å². The van der Waals surface area contributed by atoms with Gasteiger partial charge in [-0.05, 0) is 45.5 Å². The second-order valence-corrected chi connectivity index (χ2v) is 5.11. The van der Waals surface area contributed by atoms with Crippen LogP contribution in [0.1, 0.15) is 29.8 Å². The highest BCUT2D eigenvalue weighted by Crippen LogP contribution is 2.14. The van der Waals surface area contributed by atoms with E-state index in [-0.39, 0.29) is 18.5 Å². The van der Waals surface area contributed by atoms with Crippen LogP contribution >= 0.6 is 0 Å². The third kappa shape index (κ3) is 4.86. The maximum absolute atomic E-state index is 12.7. The van der Waals surface area contributed by atoms with E-state index in [9.17, 15) is 9.59 Å². The lowest BCUT2D eigenvalue weighted by atomic mass is 10.0. The van der Waals surface area contributed by atoms with E-state index in [0.717, 1.165) is 18.5 Å². The van der Waals surface area contributed by atoms with Crippen LogP contribution in [0.15, 0.2) is 24.3 Å². The van der Waals surface area contributed by atoms with Crippen LogP contribution in [0.2, 0.25) is 0 Å². The molecule has 0 unspecified atom stereocenters. The highest BCUT2D eigenvalue weighted by molar-refractivity contribution is 5.97. The van der Waals surface area contributed by atoms with Crippen molar-refractivity contribution >= 4 is 11.9 Å². The number of amides is 1. The van der Waals surface area contributed by atoms with Crippen molar-refractivity contribution in [3.63, 3.8) is 0 Å². The number of ether oxygens (including phenoxy) is 1. The Hall–Kier alpha value is -1.88. The Balaban J connectivity index is 3.00. The normalized spacial score (nSPS) is 10.5. The lowest BCUT2D eigenvalue weighted by molar-refractivity contribution is -0.141. The molecule has 0 radical (unpaired) electrons. The van der Waals surface area contributed by atoms with E-state index in [1.165, 1.54) is 12.0 Å². The van der Waals surface area contributed by atoms with Gasteiger partial charge in [0.1, 0.15) is 6.54 Å². The van der Waals surface area contributed by atoms with E-state index in [2.05, 4.69) is 10.1 Å². The first kappa shape index (κ1) is 17.2. The highest BCUT2D eigenvalue weighted by Gasteiger charge is 2.23. The minimum absolute atomic E-state index is 0.0344. The molecule has 0 heterocycles. The zero-order valence-corrected chi connectivity index (χ0v) is 13.2. The van der Waals surface area contributed by atoms with Crippen molar-refractivity contribution in [3.8, 4) is 0 Å². The summed E-state index contributed by atoms with van der Waals surface area (Å²) in [5, 5.41) is 3.08. The number of carbonyl (C=O) groups excluding carboxylic acids is 2. The van der Waals surface area contributed by atoms with Crippen LogP contribution < -0.4 is 5.32 Å². The first-order valence-electron chi connectivity index (χ1n) is 7.11. The van der Waals surface area contributed by atoms with Crippen molar-refractivity contribution in [2.24, 2.45) is 0 Å². The summed E-state index contributed by atoms with van der Waals surface area (Å²) in [4.78, 5) is 25.7. The van der Waals surface area contributed by atoms with Crippen molar-refractivity contribution < 1.29 is 14.3 Å². The predicted octanol–water partition coefficient (Wildman–Crippen LogP) is 1.47. The van der Waals surface area contributed by atoms with Gasteiger partial charge in [-0.25, -0.2) is 0 Å². The summed E-state index contributed by atoms with van der Waals surface area (Å²) < 4.78 is 4.67. The fourth-order valence-corrected chi connectivity index (χ4v) is 2.05. The molecular formula is C16H24N2O3. The summed E-state index contributed by atoms with van der Waals surface area (Å²) in [6, 6.07) is 7.43. The van der Waals surface area contributed by atoms with Crippen molar-refractivity contribution in [1.29, 1.82) is 0 Å². The van der Waals surface area contributed by atoms with Crippen LogP contribution in [0.25, 0.3) is 0 Å². The van der Waals surface area contributed by atoms with E-state index >= 15 is 0 Å². The van der Waals surface area contributed by atoms with Gasteiger partial charge < -0.3 is 15.0 Å². The molecule has 5 nitrogen and oxygen atoms in total. The number of hydrogen-bond acceptors (Lipinski definition) is 4. The first-order chi connectivity index (χ1) is 10.0. The molecule has 0 saturated heterocycles. The number of nitrogens with zero attached hydrogens (tertiary/aromatic N) is 1. The van der Waals surface area contributed by atoms with Crippen molar-refractivity contribution in [3.05, 3.63) is 35.4 Å². The average molecular weight is 292 g/mol. The number of esters is 1. The molecule has 21 heavy (non-hydrogen) atoms. The van der Waals surface area contributed by atoms with E-state index < -0.39 is 5.97 Å². The summed E-state index contributed by atoms with van der Waals surface area (Å²) in [6.07, 6.45) is 0.766. The van der Waals surface area contributed by atoms with Crippen molar-refractivity contribution in [2.75, 3.05) is 27.2 Å². The van der Waals surface area contributed by atoms with Gasteiger partial charge in [0, 0.05) is 11.6 Å². The second kappa shape index (κ2) is 8.42. The van der Waals surface area contributed by atoms with Gasteiger partial charge in [-0.15, -0.1) is 0 Å². The SMILES string of the molecule is CNCCc1ccccc1C(=O)N(CC(=O)OC)C(C)C. The van der Waals surface area contributed by atoms with Crippen LogP contribution in [0.5, 0.6) is 0 Å². The highest BCUT2D eigenvalue weighted by atomic mass is 16.5.